The summed E-state index contributed by atoms with van der Waals surface area (Å²) in [5.41, 5.74) is 6.14. The number of nitrogens with two attached hydrogens (primary N) is 1. The Morgan fingerprint density at radius 3 is 2.69 bits per heavy atom. The van der Waals surface area contributed by atoms with Gasteiger partial charge in [-0.05, 0) is 30.7 Å². The normalized spacial score (nSPS) is 12.7. The SMILES string of the molecule is CC(CN)NC(=O)C=Cc1ccc(F)cc1. The van der Waals surface area contributed by atoms with E-state index in [4.69, 9.17) is 5.73 Å². The van der Waals surface area contributed by atoms with Gasteiger partial charge in [-0.2, -0.15) is 0 Å². The van der Waals surface area contributed by atoms with Gasteiger partial charge in [0.25, 0.3) is 0 Å². The van der Waals surface area contributed by atoms with Crippen molar-refractivity contribution in [1.29, 1.82) is 0 Å². The maximum atomic E-state index is 12.6. The second-order valence-electron chi connectivity index (χ2n) is 3.53. The van der Waals surface area contributed by atoms with Crippen molar-refractivity contribution in [3.8, 4) is 0 Å². The monoisotopic (exact) mass is 222 g/mol. The van der Waals surface area contributed by atoms with Crippen LogP contribution in [0.4, 0.5) is 4.39 Å². The molecule has 1 amide bonds. The summed E-state index contributed by atoms with van der Waals surface area (Å²) < 4.78 is 12.6. The average Bonchev–Trinajstić information content (AvgIpc) is 2.28. The Kier molecular flexibility index (Phi) is 4.66. The van der Waals surface area contributed by atoms with Crippen LogP contribution in [0.25, 0.3) is 6.08 Å². The lowest BCUT2D eigenvalue weighted by molar-refractivity contribution is -0.116. The van der Waals surface area contributed by atoms with E-state index in [0.717, 1.165) is 5.56 Å². The molecule has 3 N–H and O–H groups in total. The summed E-state index contributed by atoms with van der Waals surface area (Å²) in [6.45, 7) is 2.22. The van der Waals surface area contributed by atoms with Crippen molar-refractivity contribution < 1.29 is 9.18 Å². The molecule has 0 aromatic heterocycles. The second-order valence-corrected chi connectivity index (χ2v) is 3.53. The number of carbonyl (C=O) groups is 1. The van der Waals surface area contributed by atoms with E-state index in [0.29, 0.717) is 6.54 Å². The molecule has 0 saturated carbocycles. The van der Waals surface area contributed by atoms with Gasteiger partial charge in [0.15, 0.2) is 0 Å². The highest BCUT2D eigenvalue weighted by Gasteiger charge is 2.00. The standard InChI is InChI=1S/C12H15FN2O/c1-9(8-14)15-12(16)7-4-10-2-5-11(13)6-3-10/h2-7,9H,8,14H2,1H3,(H,15,16). The van der Waals surface area contributed by atoms with Crippen LogP contribution in [0.2, 0.25) is 0 Å². The highest BCUT2D eigenvalue weighted by atomic mass is 19.1. The quantitative estimate of drug-likeness (QED) is 0.754. The van der Waals surface area contributed by atoms with Crippen LogP contribution in [0.5, 0.6) is 0 Å². The number of benzene rings is 1. The maximum Gasteiger partial charge on any atom is 0.244 e. The van der Waals surface area contributed by atoms with Gasteiger partial charge in [-0.15, -0.1) is 0 Å². The molecule has 0 aliphatic rings. The van der Waals surface area contributed by atoms with Crippen LogP contribution in [0.3, 0.4) is 0 Å². The van der Waals surface area contributed by atoms with E-state index < -0.39 is 0 Å². The van der Waals surface area contributed by atoms with Gasteiger partial charge in [-0.3, -0.25) is 4.79 Å². The Bertz CT molecular complexity index is 373. The Balaban J connectivity index is 2.53. The number of nitrogens with one attached hydrogen (secondary N) is 1. The van der Waals surface area contributed by atoms with Crippen molar-refractivity contribution in [2.75, 3.05) is 6.54 Å². The Hall–Kier alpha value is -1.68. The van der Waals surface area contributed by atoms with Crippen LogP contribution in [0, 0.1) is 5.82 Å². The third kappa shape index (κ3) is 4.23. The maximum absolute atomic E-state index is 12.6. The van der Waals surface area contributed by atoms with Crippen molar-refractivity contribution in [1.82, 2.24) is 5.32 Å². The molecule has 1 aromatic rings. The number of halogens is 1. The number of carbonyl (C=O) groups excluding carboxylic acids is 1. The summed E-state index contributed by atoms with van der Waals surface area (Å²) >= 11 is 0. The van der Waals surface area contributed by atoms with Gasteiger partial charge in [0.05, 0.1) is 0 Å². The van der Waals surface area contributed by atoms with E-state index in [-0.39, 0.29) is 17.8 Å². The fraction of sp³-hybridized carbons (Fsp3) is 0.250. The van der Waals surface area contributed by atoms with Crippen LogP contribution >= 0.6 is 0 Å². The molecule has 0 radical (unpaired) electrons. The van der Waals surface area contributed by atoms with Crippen molar-refractivity contribution in [3.63, 3.8) is 0 Å². The molecule has 1 rings (SSSR count). The van der Waals surface area contributed by atoms with Crippen LogP contribution in [-0.2, 0) is 4.79 Å². The molecule has 0 bridgehead atoms. The average molecular weight is 222 g/mol. The van der Waals surface area contributed by atoms with Crippen molar-refractivity contribution in [3.05, 3.63) is 41.7 Å². The summed E-state index contributed by atoms with van der Waals surface area (Å²) in [6, 6.07) is 5.85. The second kappa shape index (κ2) is 6.02. The first-order valence-electron chi connectivity index (χ1n) is 5.06. The molecular formula is C12H15FN2O. The molecule has 3 nitrogen and oxygen atoms in total. The molecule has 86 valence electrons. The Morgan fingerprint density at radius 2 is 2.12 bits per heavy atom. The lowest BCUT2D eigenvalue weighted by atomic mass is 10.2. The third-order valence-corrected chi connectivity index (χ3v) is 2.04. The van der Waals surface area contributed by atoms with E-state index >= 15 is 0 Å². The summed E-state index contributed by atoms with van der Waals surface area (Å²) in [7, 11) is 0. The molecule has 0 fully saturated rings. The van der Waals surface area contributed by atoms with Gasteiger partial charge in [0.2, 0.25) is 5.91 Å². The first-order valence-corrected chi connectivity index (χ1v) is 5.06. The Labute approximate surface area is 94.1 Å². The highest BCUT2D eigenvalue weighted by molar-refractivity contribution is 5.91. The van der Waals surface area contributed by atoms with E-state index in [1.807, 2.05) is 6.92 Å². The van der Waals surface area contributed by atoms with E-state index in [2.05, 4.69) is 5.32 Å². The molecule has 0 saturated heterocycles. The minimum Gasteiger partial charge on any atom is -0.349 e. The molecule has 0 aliphatic heterocycles. The molecule has 1 aromatic carbocycles. The van der Waals surface area contributed by atoms with E-state index in [1.165, 1.54) is 18.2 Å². The van der Waals surface area contributed by atoms with Crippen molar-refractivity contribution in [2.45, 2.75) is 13.0 Å². The number of hydrogen-bond acceptors (Lipinski definition) is 2. The molecule has 0 aliphatic carbocycles. The topological polar surface area (TPSA) is 55.1 Å². The Morgan fingerprint density at radius 1 is 1.50 bits per heavy atom. The lowest BCUT2D eigenvalue weighted by Crippen LogP contribution is -2.36. The van der Waals surface area contributed by atoms with Crippen molar-refractivity contribution >= 4 is 12.0 Å². The van der Waals surface area contributed by atoms with E-state index in [1.54, 1.807) is 18.2 Å². The molecule has 1 atom stereocenters. The van der Waals surface area contributed by atoms with E-state index in [9.17, 15) is 9.18 Å². The van der Waals surface area contributed by atoms with Crippen molar-refractivity contribution in [2.24, 2.45) is 5.73 Å². The van der Waals surface area contributed by atoms with Gasteiger partial charge in [0, 0.05) is 18.7 Å². The smallest absolute Gasteiger partial charge is 0.244 e. The summed E-state index contributed by atoms with van der Waals surface area (Å²) in [6.07, 6.45) is 3.03. The number of amides is 1. The zero-order chi connectivity index (χ0) is 12.0. The van der Waals surface area contributed by atoms with Crippen LogP contribution < -0.4 is 11.1 Å². The number of rotatable bonds is 4. The zero-order valence-corrected chi connectivity index (χ0v) is 9.11. The lowest BCUT2D eigenvalue weighted by Gasteiger charge is -2.08. The first kappa shape index (κ1) is 12.4. The first-order chi connectivity index (χ1) is 7.61. The zero-order valence-electron chi connectivity index (χ0n) is 9.11. The minimum absolute atomic E-state index is 0.0506. The predicted octanol–water partition coefficient (Wildman–Crippen LogP) is 1.30. The molecule has 16 heavy (non-hydrogen) atoms. The van der Waals surface area contributed by atoms with Crippen LogP contribution in [-0.4, -0.2) is 18.5 Å². The molecule has 4 heteroatoms. The summed E-state index contributed by atoms with van der Waals surface area (Å²) in [4.78, 5) is 11.3. The third-order valence-electron chi connectivity index (χ3n) is 2.04. The summed E-state index contributed by atoms with van der Waals surface area (Å²) in [5, 5.41) is 2.69. The van der Waals surface area contributed by atoms with Gasteiger partial charge in [-0.25, -0.2) is 4.39 Å². The largest absolute Gasteiger partial charge is 0.349 e. The van der Waals surface area contributed by atoms with Crippen LogP contribution in [0.15, 0.2) is 30.3 Å². The van der Waals surface area contributed by atoms with Crippen LogP contribution in [0.1, 0.15) is 12.5 Å². The molecule has 1 unspecified atom stereocenters. The van der Waals surface area contributed by atoms with Gasteiger partial charge < -0.3 is 11.1 Å². The fourth-order valence-electron chi connectivity index (χ4n) is 1.10. The molecule has 0 spiro atoms. The minimum atomic E-state index is -0.293. The fourth-order valence-corrected chi connectivity index (χ4v) is 1.10. The molecular weight excluding hydrogens is 207 g/mol. The van der Waals surface area contributed by atoms with Gasteiger partial charge in [0.1, 0.15) is 5.82 Å². The summed E-state index contributed by atoms with van der Waals surface area (Å²) in [5.74, 6) is -0.499. The predicted molar refractivity (Wildman–Crippen MR) is 62.1 cm³/mol. The highest BCUT2D eigenvalue weighted by Crippen LogP contribution is 2.04. The van der Waals surface area contributed by atoms with Gasteiger partial charge in [-0.1, -0.05) is 12.1 Å². The molecule has 0 heterocycles. The van der Waals surface area contributed by atoms with Gasteiger partial charge >= 0.3 is 0 Å². The number of hydrogen-bond donors (Lipinski definition) is 2.